The Morgan fingerprint density at radius 1 is 0.971 bits per heavy atom. The zero-order valence-corrected chi connectivity index (χ0v) is 19.3. The highest BCUT2D eigenvalue weighted by atomic mass is 32.2. The summed E-state index contributed by atoms with van der Waals surface area (Å²) in [5, 5.41) is 0. The van der Waals surface area contributed by atoms with E-state index in [0.717, 1.165) is 42.0 Å². The summed E-state index contributed by atoms with van der Waals surface area (Å²) in [4.78, 5) is 9.72. The van der Waals surface area contributed by atoms with Crippen molar-refractivity contribution in [3.8, 4) is 16.9 Å². The molecule has 0 N–H and O–H groups in total. The summed E-state index contributed by atoms with van der Waals surface area (Å²) in [5.74, 6) is 1.11. The predicted molar refractivity (Wildman–Crippen MR) is 122 cm³/mol. The van der Waals surface area contributed by atoms with Crippen LogP contribution in [0.25, 0.3) is 11.1 Å². The molecule has 1 saturated heterocycles. The van der Waals surface area contributed by atoms with Gasteiger partial charge in [-0.25, -0.2) is 18.4 Å². The molecule has 1 fully saturated rings. The normalized spacial score (nSPS) is 15.4. The molecule has 2 heterocycles. The number of rotatable bonds is 6. The van der Waals surface area contributed by atoms with Gasteiger partial charge < -0.3 is 9.64 Å². The van der Waals surface area contributed by atoms with Crippen molar-refractivity contribution in [3.05, 3.63) is 66.5 Å². The number of ether oxygens (including phenoxy) is 1. The minimum absolute atomic E-state index is 0.106. The largest absolute Gasteiger partial charge is 0.493 e. The molecule has 0 unspecified atom stereocenters. The molecule has 0 radical (unpaired) electrons. The van der Waals surface area contributed by atoms with E-state index in [2.05, 4.69) is 9.97 Å². The molecule has 1 aromatic heterocycles. The molecule has 0 atom stereocenters. The predicted octanol–water partition coefficient (Wildman–Crippen LogP) is 4.86. The van der Waals surface area contributed by atoms with Crippen molar-refractivity contribution in [3.63, 3.8) is 0 Å². The zero-order valence-electron chi connectivity index (χ0n) is 18.5. The van der Waals surface area contributed by atoms with E-state index in [9.17, 15) is 21.6 Å². The highest BCUT2D eigenvalue weighted by Crippen LogP contribution is 2.29. The lowest BCUT2D eigenvalue weighted by Crippen LogP contribution is -2.36. The Labute approximate surface area is 196 Å². The highest BCUT2D eigenvalue weighted by Gasteiger charge is 2.33. The van der Waals surface area contributed by atoms with Crippen LogP contribution in [0, 0.1) is 5.92 Å². The summed E-state index contributed by atoms with van der Waals surface area (Å²) < 4.78 is 67.8. The molecule has 1 aliphatic rings. The minimum Gasteiger partial charge on any atom is -0.493 e. The zero-order chi connectivity index (χ0) is 24.3. The Morgan fingerprint density at radius 2 is 1.56 bits per heavy atom. The fourth-order valence-corrected chi connectivity index (χ4v) is 4.44. The molecule has 4 rings (SSSR count). The molecule has 0 bridgehead atoms. The maximum absolute atomic E-state index is 12.9. The first-order chi connectivity index (χ1) is 16.1. The van der Waals surface area contributed by atoms with E-state index >= 15 is 0 Å². The second-order valence-electron chi connectivity index (χ2n) is 8.30. The molecule has 3 aromatic rings. The molecular formula is C24H24F3N3O3S. The lowest BCUT2D eigenvalue weighted by Gasteiger charge is -2.32. The van der Waals surface area contributed by atoms with Crippen molar-refractivity contribution >= 4 is 15.8 Å². The van der Waals surface area contributed by atoms with Crippen molar-refractivity contribution < 1.29 is 26.3 Å². The quantitative estimate of drug-likeness (QED) is 0.490. The van der Waals surface area contributed by atoms with E-state index in [1.54, 1.807) is 29.2 Å². The number of halogens is 3. The Bertz CT molecular complexity index is 1220. The van der Waals surface area contributed by atoms with Gasteiger partial charge in [0.15, 0.2) is 9.84 Å². The van der Waals surface area contributed by atoms with Gasteiger partial charge in [-0.15, -0.1) is 0 Å². The van der Waals surface area contributed by atoms with E-state index < -0.39 is 21.7 Å². The summed E-state index contributed by atoms with van der Waals surface area (Å²) >= 11 is 0. The van der Waals surface area contributed by atoms with Crippen LogP contribution in [0.15, 0.2) is 65.7 Å². The standard InChI is InChI=1S/C24H24F3N3O3S/c1-34(31,32)21-8-4-19(5-9-21)18-2-6-20(7-3-18)33-16-17-11-14-30(15-12-17)23-28-13-10-22(29-23)24(25,26)27/h2-10,13,17H,11-12,14-16H2,1H3. The van der Waals surface area contributed by atoms with Crippen LogP contribution in [-0.2, 0) is 16.0 Å². The van der Waals surface area contributed by atoms with Gasteiger partial charge in [0.05, 0.1) is 11.5 Å². The fourth-order valence-electron chi connectivity index (χ4n) is 3.81. The summed E-state index contributed by atoms with van der Waals surface area (Å²) in [6.45, 7) is 1.65. The second kappa shape index (κ2) is 9.61. The van der Waals surface area contributed by atoms with Gasteiger partial charge >= 0.3 is 6.18 Å². The number of anilines is 1. The average Bonchev–Trinajstić information content (AvgIpc) is 2.82. The van der Waals surface area contributed by atoms with Crippen LogP contribution in [0.3, 0.4) is 0 Å². The number of sulfone groups is 1. The van der Waals surface area contributed by atoms with E-state index in [1.165, 1.54) is 6.26 Å². The van der Waals surface area contributed by atoms with Crippen molar-refractivity contribution in [1.29, 1.82) is 0 Å². The first-order valence-electron chi connectivity index (χ1n) is 10.8. The van der Waals surface area contributed by atoms with Gasteiger partial charge in [0.25, 0.3) is 0 Å². The number of aromatic nitrogens is 2. The molecular weight excluding hydrogens is 467 g/mol. The third kappa shape index (κ3) is 5.85. The van der Waals surface area contributed by atoms with Gasteiger partial charge in [-0.05, 0) is 60.2 Å². The third-order valence-corrected chi connectivity index (χ3v) is 6.91. The molecule has 6 nitrogen and oxygen atoms in total. The van der Waals surface area contributed by atoms with Gasteiger partial charge in [-0.3, -0.25) is 0 Å². The number of alkyl halides is 3. The van der Waals surface area contributed by atoms with Crippen LogP contribution < -0.4 is 9.64 Å². The van der Waals surface area contributed by atoms with E-state index in [-0.39, 0.29) is 16.8 Å². The number of nitrogens with zero attached hydrogens (tertiary/aromatic N) is 3. The monoisotopic (exact) mass is 491 g/mol. The van der Waals surface area contributed by atoms with Gasteiger partial charge in [0.2, 0.25) is 5.95 Å². The van der Waals surface area contributed by atoms with Crippen LogP contribution in [0.1, 0.15) is 18.5 Å². The first-order valence-corrected chi connectivity index (χ1v) is 12.7. The molecule has 1 aliphatic heterocycles. The molecule has 0 saturated carbocycles. The molecule has 2 aromatic carbocycles. The summed E-state index contributed by atoms with van der Waals surface area (Å²) in [6.07, 6.45) is -0.630. The Hall–Kier alpha value is -3.14. The summed E-state index contributed by atoms with van der Waals surface area (Å²) in [5.41, 5.74) is 0.919. The molecule has 0 aliphatic carbocycles. The van der Waals surface area contributed by atoms with E-state index in [1.807, 2.05) is 24.3 Å². The lowest BCUT2D eigenvalue weighted by atomic mass is 9.98. The van der Waals surface area contributed by atoms with Crippen molar-refractivity contribution in [2.24, 2.45) is 5.92 Å². The number of piperidine rings is 1. The fraction of sp³-hybridized carbons (Fsp3) is 0.333. The molecule has 10 heteroatoms. The van der Waals surface area contributed by atoms with Crippen LogP contribution >= 0.6 is 0 Å². The Morgan fingerprint density at radius 3 is 2.12 bits per heavy atom. The average molecular weight is 492 g/mol. The number of benzene rings is 2. The Balaban J connectivity index is 1.29. The topological polar surface area (TPSA) is 72.4 Å². The molecule has 34 heavy (non-hydrogen) atoms. The maximum atomic E-state index is 12.9. The number of hydrogen-bond acceptors (Lipinski definition) is 6. The van der Waals surface area contributed by atoms with Crippen LogP contribution in [-0.4, -0.2) is 44.3 Å². The smallest absolute Gasteiger partial charge is 0.433 e. The van der Waals surface area contributed by atoms with E-state index in [0.29, 0.717) is 19.7 Å². The van der Waals surface area contributed by atoms with Crippen LogP contribution in [0.4, 0.5) is 19.1 Å². The minimum atomic E-state index is -4.49. The lowest BCUT2D eigenvalue weighted by molar-refractivity contribution is -0.141. The van der Waals surface area contributed by atoms with Crippen molar-refractivity contribution in [2.75, 3.05) is 30.9 Å². The van der Waals surface area contributed by atoms with E-state index in [4.69, 9.17) is 4.74 Å². The summed E-state index contributed by atoms with van der Waals surface area (Å²) in [6, 6.07) is 15.2. The highest BCUT2D eigenvalue weighted by molar-refractivity contribution is 7.90. The SMILES string of the molecule is CS(=O)(=O)c1ccc(-c2ccc(OCC3CCN(c4nccc(C(F)(F)F)n4)CC3)cc2)cc1. The molecule has 180 valence electrons. The summed E-state index contributed by atoms with van der Waals surface area (Å²) in [7, 11) is -3.23. The van der Waals surface area contributed by atoms with Gasteiger partial charge in [-0.1, -0.05) is 24.3 Å². The van der Waals surface area contributed by atoms with Crippen molar-refractivity contribution in [1.82, 2.24) is 9.97 Å². The third-order valence-electron chi connectivity index (χ3n) is 5.79. The van der Waals surface area contributed by atoms with Gasteiger partial charge in [0, 0.05) is 25.5 Å². The number of hydrogen-bond donors (Lipinski definition) is 0. The maximum Gasteiger partial charge on any atom is 0.433 e. The van der Waals surface area contributed by atoms with Crippen LogP contribution in [0.5, 0.6) is 5.75 Å². The second-order valence-corrected chi connectivity index (χ2v) is 10.3. The van der Waals surface area contributed by atoms with Gasteiger partial charge in [0.1, 0.15) is 11.4 Å². The van der Waals surface area contributed by atoms with Crippen molar-refractivity contribution in [2.45, 2.75) is 23.9 Å². The Kier molecular flexibility index (Phi) is 6.79. The first kappa shape index (κ1) is 24.0. The van der Waals surface area contributed by atoms with Crippen LogP contribution in [0.2, 0.25) is 0 Å². The molecule has 0 amide bonds. The molecule has 0 spiro atoms. The van der Waals surface area contributed by atoms with Gasteiger partial charge in [-0.2, -0.15) is 13.2 Å².